The van der Waals surface area contributed by atoms with Crippen molar-refractivity contribution in [1.29, 1.82) is 0 Å². The molecule has 1 N–H and O–H groups in total. The molecule has 2 rings (SSSR count). The maximum atomic E-state index is 11.1. The van der Waals surface area contributed by atoms with Crippen molar-refractivity contribution in [1.82, 2.24) is 4.98 Å². The summed E-state index contributed by atoms with van der Waals surface area (Å²) >= 11 is 3.34. The predicted molar refractivity (Wildman–Crippen MR) is 65.9 cm³/mol. The van der Waals surface area contributed by atoms with Gasteiger partial charge in [0.2, 0.25) is 0 Å². The lowest BCUT2D eigenvalue weighted by Crippen LogP contribution is -2.02. The van der Waals surface area contributed by atoms with Crippen molar-refractivity contribution in [2.45, 2.75) is 13.8 Å². The fraction of sp³-hybridized carbons (Fsp3) is 0.167. The Kier molecular flexibility index (Phi) is 2.68. The lowest BCUT2D eigenvalue weighted by molar-refractivity contribution is 0.0695. The number of hydrogen-bond donors (Lipinski definition) is 1. The van der Waals surface area contributed by atoms with Crippen LogP contribution in [0.25, 0.3) is 10.9 Å². The summed E-state index contributed by atoms with van der Waals surface area (Å²) in [5.74, 6) is -0.924. The molecule has 82 valence electrons. The second-order valence-corrected chi connectivity index (χ2v) is 4.50. The van der Waals surface area contributed by atoms with E-state index in [1.165, 1.54) is 0 Å². The van der Waals surface area contributed by atoms with Gasteiger partial charge < -0.3 is 5.11 Å². The maximum Gasteiger partial charge on any atom is 0.337 e. The molecule has 0 aliphatic carbocycles. The van der Waals surface area contributed by atoms with Crippen LogP contribution in [0.5, 0.6) is 0 Å². The largest absolute Gasteiger partial charge is 0.478 e. The number of carbonyl (C=O) groups is 1. The summed E-state index contributed by atoms with van der Waals surface area (Å²) in [6.07, 6.45) is 0. The highest BCUT2D eigenvalue weighted by atomic mass is 79.9. The minimum absolute atomic E-state index is 0.304. The zero-order valence-electron chi connectivity index (χ0n) is 8.91. The molecule has 3 nitrogen and oxygen atoms in total. The van der Waals surface area contributed by atoms with Gasteiger partial charge in [0.1, 0.15) is 0 Å². The number of pyridine rings is 1. The van der Waals surface area contributed by atoms with Crippen LogP contribution in [0.4, 0.5) is 0 Å². The number of fused-ring (bicyclic) bond motifs is 1. The van der Waals surface area contributed by atoms with Gasteiger partial charge in [-0.05, 0) is 53.5 Å². The Hall–Kier alpha value is -1.42. The molecule has 2 aromatic rings. The smallest absolute Gasteiger partial charge is 0.337 e. The molecule has 1 heterocycles. The third-order valence-electron chi connectivity index (χ3n) is 2.48. The Labute approximate surface area is 101 Å². The first-order valence-electron chi connectivity index (χ1n) is 4.80. The summed E-state index contributed by atoms with van der Waals surface area (Å²) in [7, 11) is 0. The van der Waals surface area contributed by atoms with Crippen molar-refractivity contribution in [3.05, 3.63) is 39.5 Å². The highest BCUT2D eigenvalue weighted by Crippen LogP contribution is 2.29. The number of nitrogens with zero attached hydrogens (tertiary/aromatic N) is 1. The van der Waals surface area contributed by atoms with Crippen LogP contribution in [0.2, 0.25) is 0 Å². The van der Waals surface area contributed by atoms with Gasteiger partial charge in [-0.2, -0.15) is 0 Å². The Morgan fingerprint density at radius 2 is 2.06 bits per heavy atom. The predicted octanol–water partition coefficient (Wildman–Crippen LogP) is 3.31. The van der Waals surface area contributed by atoms with Gasteiger partial charge in [0, 0.05) is 15.6 Å². The molecule has 1 aromatic carbocycles. The molecule has 0 saturated carbocycles. The highest BCUT2D eigenvalue weighted by Gasteiger charge is 2.15. The Morgan fingerprint density at radius 3 is 2.69 bits per heavy atom. The second-order valence-electron chi connectivity index (χ2n) is 3.71. The summed E-state index contributed by atoms with van der Waals surface area (Å²) < 4.78 is 0.600. The lowest BCUT2D eigenvalue weighted by Gasteiger charge is -2.08. The zero-order chi connectivity index (χ0) is 11.9. The maximum absolute atomic E-state index is 11.1. The number of carboxylic acid groups (broad SMARTS) is 1. The Bertz CT molecular complexity index is 593. The molecule has 0 atom stereocenters. The molecule has 0 fully saturated rings. The quantitative estimate of drug-likeness (QED) is 0.871. The molecule has 0 unspecified atom stereocenters. The molecule has 0 spiro atoms. The number of aromatic nitrogens is 1. The van der Waals surface area contributed by atoms with Crippen LogP contribution in [0.1, 0.15) is 21.6 Å². The van der Waals surface area contributed by atoms with E-state index in [2.05, 4.69) is 20.9 Å². The molecule has 0 aliphatic rings. The minimum atomic E-state index is -0.924. The van der Waals surface area contributed by atoms with Crippen LogP contribution in [0, 0.1) is 13.8 Å². The molecule has 0 aliphatic heterocycles. The third kappa shape index (κ3) is 1.69. The average molecular weight is 280 g/mol. The van der Waals surface area contributed by atoms with Crippen LogP contribution < -0.4 is 0 Å². The number of carboxylic acids is 1. The normalized spacial score (nSPS) is 10.7. The van der Waals surface area contributed by atoms with E-state index in [1.54, 1.807) is 13.0 Å². The van der Waals surface area contributed by atoms with Gasteiger partial charge in [-0.3, -0.25) is 4.98 Å². The third-order valence-corrected chi connectivity index (χ3v) is 3.31. The van der Waals surface area contributed by atoms with Crippen molar-refractivity contribution in [2.75, 3.05) is 0 Å². The van der Waals surface area contributed by atoms with Gasteiger partial charge in [-0.25, -0.2) is 4.79 Å². The molecule has 16 heavy (non-hydrogen) atoms. The van der Waals surface area contributed by atoms with Gasteiger partial charge >= 0.3 is 5.97 Å². The number of aryl methyl sites for hydroxylation is 2. The van der Waals surface area contributed by atoms with Crippen LogP contribution in [-0.2, 0) is 0 Å². The lowest BCUT2D eigenvalue weighted by atomic mass is 10.0. The monoisotopic (exact) mass is 279 g/mol. The van der Waals surface area contributed by atoms with Gasteiger partial charge in [0.05, 0.1) is 11.1 Å². The van der Waals surface area contributed by atoms with E-state index in [0.29, 0.717) is 15.6 Å². The number of hydrogen-bond acceptors (Lipinski definition) is 2. The molecule has 1 aromatic heterocycles. The van der Waals surface area contributed by atoms with E-state index in [1.807, 2.05) is 19.1 Å². The number of rotatable bonds is 1. The van der Waals surface area contributed by atoms with Crippen molar-refractivity contribution in [2.24, 2.45) is 0 Å². The molecule has 0 bridgehead atoms. The number of benzene rings is 1. The summed E-state index contributed by atoms with van der Waals surface area (Å²) in [5, 5.41) is 9.94. The van der Waals surface area contributed by atoms with Gasteiger partial charge in [0.15, 0.2) is 0 Å². The Balaban J connectivity index is 2.89. The molecular formula is C12H10BrNO2. The van der Waals surface area contributed by atoms with Gasteiger partial charge in [-0.1, -0.05) is 0 Å². The van der Waals surface area contributed by atoms with Crippen molar-refractivity contribution < 1.29 is 9.90 Å². The molecule has 0 radical (unpaired) electrons. The zero-order valence-corrected chi connectivity index (χ0v) is 10.5. The van der Waals surface area contributed by atoms with Gasteiger partial charge in [0.25, 0.3) is 0 Å². The van der Waals surface area contributed by atoms with E-state index >= 15 is 0 Å². The van der Waals surface area contributed by atoms with Crippen molar-refractivity contribution >= 4 is 32.8 Å². The standard InChI is InChI=1S/C12H10BrNO2/c1-6-5-9-8(4-3-7(2)14-9)11(13)10(6)12(15)16/h3-5H,1-2H3,(H,15,16). The first kappa shape index (κ1) is 11.1. The highest BCUT2D eigenvalue weighted by molar-refractivity contribution is 9.10. The van der Waals surface area contributed by atoms with Crippen LogP contribution in [0.15, 0.2) is 22.7 Å². The fourth-order valence-electron chi connectivity index (χ4n) is 1.72. The fourth-order valence-corrected chi connectivity index (χ4v) is 2.54. The van der Waals surface area contributed by atoms with E-state index < -0.39 is 5.97 Å². The van der Waals surface area contributed by atoms with Crippen LogP contribution in [0.3, 0.4) is 0 Å². The summed E-state index contributed by atoms with van der Waals surface area (Å²) in [6, 6.07) is 5.55. The number of halogens is 1. The first-order chi connectivity index (χ1) is 7.50. The summed E-state index contributed by atoms with van der Waals surface area (Å²) in [5.41, 5.74) is 2.75. The summed E-state index contributed by atoms with van der Waals surface area (Å²) in [6.45, 7) is 3.69. The molecular weight excluding hydrogens is 270 g/mol. The topological polar surface area (TPSA) is 50.2 Å². The SMILES string of the molecule is Cc1ccc2c(Br)c(C(=O)O)c(C)cc2n1. The number of aromatic carboxylic acids is 1. The van der Waals surface area contributed by atoms with E-state index in [0.717, 1.165) is 16.6 Å². The molecule has 0 saturated heterocycles. The minimum Gasteiger partial charge on any atom is -0.478 e. The second kappa shape index (κ2) is 3.87. The van der Waals surface area contributed by atoms with Crippen molar-refractivity contribution in [3.63, 3.8) is 0 Å². The molecule has 0 amide bonds. The van der Waals surface area contributed by atoms with E-state index in [9.17, 15) is 4.79 Å². The first-order valence-corrected chi connectivity index (χ1v) is 5.59. The molecule has 4 heteroatoms. The summed E-state index contributed by atoms with van der Waals surface area (Å²) in [4.78, 5) is 15.5. The van der Waals surface area contributed by atoms with Crippen LogP contribution >= 0.6 is 15.9 Å². The van der Waals surface area contributed by atoms with Gasteiger partial charge in [-0.15, -0.1) is 0 Å². The average Bonchev–Trinajstić information content (AvgIpc) is 2.15. The Morgan fingerprint density at radius 1 is 1.38 bits per heavy atom. The van der Waals surface area contributed by atoms with E-state index in [-0.39, 0.29) is 0 Å². The van der Waals surface area contributed by atoms with Crippen molar-refractivity contribution in [3.8, 4) is 0 Å². The van der Waals surface area contributed by atoms with Crippen LogP contribution in [-0.4, -0.2) is 16.1 Å². The van der Waals surface area contributed by atoms with E-state index in [4.69, 9.17) is 5.11 Å².